The van der Waals surface area contributed by atoms with Crippen molar-refractivity contribution in [3.05, 3.63) is 32.2 Å². The number of rotatable bonds is 2. The highest BCUT2D eigenvalue weighted by Crippen LogP contribution is 2.26. The van der Waals surface area contributed by atoms with Crippen molar-refractivity contribution in [2.75, 3.05) is 7.11 Å². The first-order chi connectivity index (χ1) is 6.61. The van der Waals surface area contributed by atoms with Gasteiger partial charge < -0.3 is 4.74 Å². The highest BCUT2D eigenvalue weighted by atomic mass is 79.9. The maximum atomic E-state index is 11.3. The largest absolute Gasteiger partial charge is 0.465 e. The van der Waals surface area contributed by atoms with Gasteiger partial charge >= 0.3 is 5.97 Å². The summed E-state index contributed by atoms with van der Waals surface area (Å²) in [6.07, 6.45) is 0.612. The smallest absolute Gasteiger partial charge is 0.339 e. The quantitative estimate of drug-likeness (QED) is 0.621. The van der Waals surface area contributed by atoms with Crippen LogP contribution in [0.25, 0.3) is 0 Å². The predicted octanol–water partition coefficient (Wildman–Crippen LogP) is 2.81. The molecule has 0 N–H and O–H groups in total. The lowest BCUT2D eigenvalue weighted by Crippen LogP contribution is -2.07. The van der Waals surface area contributed by atoms with E-state index in [1.54, 1.807) is 12.1 Å². The van der Waals surface area contributed by atoms with E-state index in [0.717, 1.165) is 0 Å². The zero-order valence-electron chi connectivity index (χ0n) is 7.21. The third-order valence-electron chi connectivity index (χ3n) is 1.65. The summed E-state index contributed by atoms with van der Waals surface area (Å²) in [5.41, 5.74) is 0.517. The van der Waals surface area contributed by atoms with Crippen molar-refractivity contribution >= 4 is 44.1 Å². The van der Waals surface area contributed by atoms with Gasteiger partial charge in [-0.3, -0.25) is 4.79 Å². The standard InChI is InChI=1S/C9H6Br2O3/c1-14-9(13)8-5(4-12)6(10)2-3-7(8)11/h2-4H,1H3. The van der Waals surface area contributed by atoms with Gasteiger partial charge in [-0.1, -0.05) is 15.9 Å². The van der Waals surface area contributed by atoms with E-state index >= 15 is 0 Å². The Kier molecular flexibility index (Phi) is 3.83. The summed E-state index contributed by atoms with van der Waals surface area (Å²) in [6.45, 7) is 0. The molecule has 0 amide bonds. The van der Waals surface area contributed by atoms with Crippen LogP contribution in [-0.2, 0) is 4.74 Å². The molecular weight excluding hydrogens is 316 g/mol. The minimum Gasteiger partial charge on any atom is -0.465 e. The maximum Gasteiger partial charge on any atom is 0.339 e. The van der Waals surface area contributed by atoms with Gasteiger partial charge in [-0.25, -0.2) is 4.79 Å². The Hall–Kier alpha value is -0.680. The molecule has 3 nitrogen and oxygen atoms in total. The molecule has 0 saturated carbocycles. The summed E-state index contributed by atoms with van der Waals surface area (Å²) < 4.78 is 5.67. The van der Waals surface area contributed by atoms with Crippen molar-refractivity contribution in [2.24, 2.45) is 0 Å². The van der Waals surface area contributed by atoms with Crippen molar-refractivity contribution in [1.29, 1.82) is 0 Å². The summed E-state index contributed by atoms with van der Waals surface area (Å²) in [4.78, 5) is 22.1. The Bertz CT molecular complexity index is 388. The van der Waals surface area contributed by atoms with Crippen LogP contribution in [0.1, 0.15) is 20.7 Å². The molecule has 1 rings (SSSR count). The van der Waals surface area contributed by atoms with Gasteiger partial charge in [0.15, 0.2) is 6.29 Å². The Balaban J connectivity index is 3.44. The molecule has 1 aromatic carbocycles. The van der Waals surface area contributed by atoms with Crippen LogP contribution in [-0.4, -0.2) is 19.4 Å². The average Bonchev–Trinajstić information content (AvgIpc) is 2.19. The molecule has 0 unspecified atom stereocenters. The van der Waals surface area contributed by atoms with Gasteiger partial charge in [0.1, 0.15) is 0 Å². The fourth-order valence-electron chi connectivity index (χ4n) is 0.992. The van der Waals surface area contributed by atoms with Crippen LogP contribution in [0.2, 0.25) is 0 Å². The lowest BCUT2D eigenvalue weighted by Gasteiger charge is -2.06. The SMILES string of the molecule is COC(=O)c1c(Br)ccc(Br)c1C=O. The maximum absolute atomic E-state index is 11.3. The number of carbonyl (C=O) groups excluding carboxylic acids is 2. The lowest BCUT2D eigenvalue weighted by molar-refractivity contribution is 0.0597. The molecule has 74 valence electrons. The van der Waals surface area contributed by atoms with Gasteiger partial charge in [0.25, 0.3) is 0 Å². The molecule has 0 aliphatic carbocycles. The lowest BCUT2D eigenvalue weighted by atomic mass is 10.1. The van der Waals surface area contributed by atoms with Crippen molar-refractivity contribution in [3.63, 3.8) is 0 Å². The number of carbonyl (C=O) groups is 2. The Morgan fingerprint density at radius 2 is 1.93 bits per heavy atom. The molecule has 0 atom stereocenters. The van der Waals surface area contributed by atoms with Crippen molar-refractivity contribution in [2.45, 2.75) is 0 Å². The molecule has 0 spiro atoms. The highest BCUT2D eigenvalue weighted by molar-refractivity contribution is 9.11. The second-order valence-corrected chi connectivity index (χ2v) is 4.14. The van der Waals surface area contributed by atoms with Crippen molar-refractivity contribution in [3.8, 4) is 0 Å². The summed E-state index contributed by atoms with van der Waals surface area (Å²) in [6, 6.07) is 3.35. The number of aldehydes is 1. The van der Waals surface area contributed by atoms with E-state index in [2.05, 4.69) is 36.6 Å². The molecule has 0 heterocycles. The molecular formula is C9H6Br2O3. The first kappa shape index (κ1) is 11.4. The normalized spacial score (nSPS) is 9.64. The van der Waals surface area contributed by atoms with Crippen LogP contribution < -0.4 is 0 Å². The van der Waals surface area contributed by atoms with Gasteiger partial charge in [-0.15, -0.1) is 0 Å². The first-order valence-electron chi connectivity index (χ1n) is 3.63. The fraction of sp³-hybridized carbons (Fsp3) is 0.111. The van der Waals surface area contributed by atoms with E-state index in [-0.39, 0.29) is 11.1 Å². The summed E-state index contributed by atoms with van der Waals surface area (Å²) >= 11 is 6.36. The van der Waals surface area contributed by atoms with Gasteiger partial charge in [0, 0.05) is 14.5 Å². The van der Waals surface area contributed by atoms with Crippen LogP contribution in [0.15, 0.2) is 21.1 Å². The second kappa shape index (κ2) is 4.70. The van der Waals surface area contributed by atoms with Crippen LogP contribution in [0, 0.1) is 0 Å². The number of hydrogen-bond donors (Lipinski definition) is 0. The molecule has 0 saturated heterocycles. The predicted molar refractivity (Wildman–Crippen MR) is 58.6 cm³/mol. The molecule has 0 radical (unpaired) electrons. The van der Waals surface area contributed by atoms with E-state index in [4.69, 9.17) is 0 Å². The molecule has 14 heavy (non-hydrogen) atoms. The summed E-state index contributed by atoms with van der Waals surface area (Å²) in [5.74, 6) is -0.541. The van der Waals surface area contributed by atoms with E-state index < -0.39 is 5.97 Å². The third kappa shape index (κ3) is 2.04. The number of esters is 1. The Morgan fingerprint density at radius 3 is 2.43 bits per heavy atom. The van der Waals surface area contributed by atoms with Crippen molar-refractivity contribution < 1.29 is 14.3 Å². The molecule has 0 aromatic heterocycles. The Labute approximate surface area is 97.7 Å². The molecule has 0 aliphatic rings. The molecule has 5 heteroatoms. The third-order valence-corrected chi connectivity index (χ3v) is 3.00. The number of halogens is 2. The van der Waals surface area contributed by atoms with Crippen LogP contribution >= 0.6 is 31.9 Å². The highest BCUT2D eigenvalue weighted by Gasteiger charge is 2.17. The van der Waals surface area contributed by atoms with Gasteiger partial charge in [0.05, 0.1) is 12.7 Å². The zero-order chi connectivity index (χ0) is 10.7. The van der Waals surface area contributed by atoms with E-state index in [9.17, 15) is 9.59 Å². The number of benzene rings is 1. The zero-order valence-corrected chi connectivity index (χ0v) is 10.4. The molecule has 0 fully saturated rings. The monoisotopic (exact) mass is 320 g/mol. The van der Waals surface area contributed by atoms with E-state index in [1.165, 1.54) is 7.11 Å². The molecule has 0 aliphatic heterocycles. The second-order valence-electron chi connectivity index (χ2n) is 2.43. The fourth-order valence-corrected chi connectivity index (χ4v) is 1.92. The molecule has 1 aromatic rings. The number of hydrogen-bond acceptors (Lipinski definition) is 3. The van der Waals surface area contributed by atoms with Crippen LogP contribution in [0.4, 0.5) is 0 Å². The molecule has 0 bridgehead atoms. The van der Waals surface area contributed by atoms with E-state index in [1.807, 2.05) is 0 Å². The number of methoxy groups -OCH3 is 1. The van der Waals surface area contributed by atoms with E-state index in [0.29, 0.717) is 15.2 Å². The minimum absolute atomic E-state index is 0.233. The van der Waals surface area contributed by atoms with Gasteiger partial charge in [-0.05, 0) is 28.1 Å². The van der Waals surface area contributed by atoms with Crippen LogP contribution in [0.5, 0.6) is 0 Å². The Morgan fingerprint density at radius 1 is 1.36 bits per heavy atom. The average molecular weight is 322 g/mol. The van der Waals surface area contributed by atoms with Gasteiger partial charge in [0.2, 0.25) is 0 Å². The summed E-state index contributed by atoms with van der Waals surface area (Å²) in [7, 11) is 1.27. The first-order valence-corrected chi connectivity index (χ1v) is 5.22. The number of ether oxygens (including phenoxy) is 1. The topological polar surface area (TPSA) is 43.4 Å². The van der Waals surface area contributed by atoms with Gasteiger partial charge in [-0.2, -0.15) is 0 Å². The summed E-state index contributed by atoms with van der Waals surface area (Å²) in [5, 5.41) is 0. The van der Waals surface area contributed by atoms with Crippen LogP contribution in [0.3, 0.4) is 0 Å². The minimum atomic E-state index is -0.541. The van der Waals surface area contributed by atoms with Crippen molar-refractivity contribution in [1.82, 2.24) is 0 Å².